The number of hydrogen-bond donors (Lipinski definition) is 2. The SMILES string of the molecule is CC(N)CC1Cc2cccc(F)c2N1. The first kappa shape index (κ1) is 9.46. The summed E-state index contributed by atoms with van der Waals surface area (Å²) in [4.78, 5) is 0. The second kappa shape index (κ2) is 3.58. The second-order valence-electron chi connectivity index (χ2n) is 4.03. The summed E-state index contributed by atoms with van der Waals surface area (Å²) in [6.45, 7) is 1.97. The number of nitrogens with two attached hydrogens (primary N) is 1. The summed E-state index contributed by atoms with van der Waals surface area (Å²) < 4.78 is 13.3. The van der Waals surface area contributed by atoms with Gasteiger partial charge in [0.15, 0.2) is 0 Å². The van der Waals surface area contributed by atoms with Gasteiger partial charge in [-0.2, -0.15) is 0 Å². The minimum absolute atomic E-state index is 0.157. The minimum Gasteiger partial charge on any atom is -0.379 e. The monoisotopic (exact) mass is 194 g/mol. The topological polar surface area (TPSA) is 38.0 Å². The zero-order valence-electron chi connectivity index (χ0n) is 8.26. The van der Waals surface area contributed by atoms with Crippen LogP contribution in [0.3, 0.4) is 0 Å². The largest absolute Gasteiger partial charge is 0.379 e. The molecule has 0 amide bonds. The van der Waals surface area contributed by atoms with E-state index in [-0.39, 0.29) is 11.9 Å². The van der Waals surface area contributed by atoms with Crippen LogP contribution in [-0.2, 0) is 6.42 Å². The third kappa shape index (κ3) is 1.73. The normalized spacial score (nSPS) is 21.5. The molecular formula is C11H15FN2. The van der Waals surface area contributed by atoms with Crippen molar-refractivity contribution in [2.24, 2.45) is 5.73 Å². The van der Waals surface area contributed by atoms with Crippen molar-refractivity contribution in [3.05, 3.63) is 29.6 Å². The molecule has 0 saturated carbocycles. The van der Waals surface area contributed by atoms with Gasteiger partial charge in [0.1, 0.15) is 5.82 Å². The molecule has 3 heteroatoms. The van der Waals surface area contributed by atoms with Crippen molar-refractivity contribution in [3.8, 4) is 0 Å². The molecule has 0 aliphatic carbocycles. The van der Waals surface area contributed by atoms with E-state index in [2.05, 4.69) is 5.32 Å². The molecule has 2 rings (SSSR count). The lowest BCUT2D eigenvalue weighted by molar-refractivity contribution is 0.584. The van der Waals surface area contributed by atoms with Gasteiger partial charge in [0.05, 0.1) is 5.69 Å². The van der Waals surface area contributed by atoms with Crippen LogP contribution in [0.1, 0.15) is 18.9 Å². The van der Waals surface area contributed by atoms with Crippen LogP contribution in [0.25, 0.3) is 0 Å². The molecule has 0 radical (unpaired) electrons. The second-order valence-corrected chi connectivity index (χ2v) is 4.03. The predicted molar refractivity (Wildman–Crippen MR) is 55.8 cm³/mol. The van der Waals surface area contributed by atoms with Gasteiger partial charge in [0, 0.05) is 12.1 Å². The number of rotatable bonds is 2. The van der Waals surface area contributed by atoms with Crippen LogP contribution in [-0.4, -0.2) is 12.1 Å². The lowest BCUT2D eigenvalue weighted by Gasteiger charge is -2.13. The highest BCUT2D eigenvalue weighted by molar-refractivity contribution is 5.57. The standard InChI is InChI=1S/C11H15FN2/c1-7(13)5-9-6-8-3-2-4-10(12)11(8)14-9/h2-4,7,9,14H,5-6,13H2,1H3. The highest BCUT2D eigenvalue weighted by Gasteiger charge is 2.23. The summed E-state index contributed by atoms with van der Waals surface area (Å²) in [7, 11) is 0. The van der Waals surface area contributed by atoms with Crippen LogP contribution >= 0.6 is 0 Å². The van der Waals surface area contributed by atoms with Crippen molar-refractivity contribution in [2.45, 2.75) is 31.8 Å². The fourth-order valence-electron chi connectivity index (χ4n) is 2.01. The van der Waals surface area contributed by atoms with E-state index in [9.17, 15) is 4.39 Å². The molecule has 0 aromatic heterocycles. The molecule has 1 aliphatic rings. The van der Waals surface area contributed by atoms with E-state index < -0.39 is 0 Å². The van der Waals surface area contributed by atoms with Crippen molar-refractivity contribution >= 4 is 5.69 Å². The summed E-state index contributed by atoms with van der Waals surface area (Å²) in [6, 6.07) is 5.66. The number of anilines is 1. The molecule has 2 nitrogen and oxygen atoms in total. The minimum atomic E-state index is -0.158. The zero-order chi connectivity index (χ0) is 10.1. The van der Waals surface area contributed by atoms with Gasteiger partial charge in [-0.05, 0) is 31.4 Å². The maximum absolute atomic E-state index is 13.3. The molecule has 3 N–H and O–H groups in total. The molecule has 2 unspecified atom stereocenters. The molecule has 0 bridgehead atoms. The van der Waals surface area contributed by atoms with Crippen molar-refractivity contribution in [3.63, 3.8) is 0 Å². The summed E-state index contributed by atoms with van der Waals surface area (Å²) in [5, 5.41) is 3.18. The van der Waals surface area contributed by atoms with Gasteiger partial charge in [-0.1, -0.05) is 12.1 Å². The van der Waals surface area contributed by atoms with E-state index in [1.165, 1.54) is 6.07 Å². The molecular weight excluding hydrogens is 179 g/mol. The first-order valence-corrected chi connectivity index (χ1v) is 4.96. The van der Waals surface area contributed by atoms with E-state index in [0.29, 0.717) is 11.7 Å². The Labute approximate surface area is 83.3 Å². The van der Waals surface area contributed by atoms with Crippen molar-refractivity contribution in [1.82, 2.24) is 0 Å². The fourth-order valence-corrected chi connectivity index (χ4v) is 2.01. The number of fused-ring (bicyclic) bond motifs is 1. The highest BCUT2D eigenvalue weighted by atomic mass is 19.1. The summed E-state index contributed by atoms with van der Waals surface area (Å²) in [5.74, 6) is -0.158. The van der Waals surface area contributed by atoms with E-state index in [1.807, 2.05) is 13.0 Å². The first-order valence-electron chi connectivity index (χ1n) is 4.96. The number of hydrogen-bond acceptors (Lipinski definition) is 2. The van der Waals surface area contributed by atoms with E-state index >= 15 is 0 Å². The Morgan fingerprint density at radius 3 is 3.07 bits per heavy atom. The van der Waals surface area contributed by atoms with Crippen molar-refractivity contribution in [2.75, 3.05) is 5.32 Å². The lowest BCUT2D eigenvalue weighted by Crippen LogP contribution is -2.26. The van der Waals surface area contributed by atoms with Gasteiger partial charge in [-0.15, -0.1) is 0 Å². The third-order valence-electron chi connectivity index (χ3n) is 2.57. The zero-order valence-corrected chi connectivity index (χ0v) is 8.26. The number of halogens is 1. The fraction of sp³-hybridized carbons (Fsp3) is 0.455. The quantitative estimate of drug-likeness (QED) is 0.754. The summed E-state index contributed by atoms with van der Waals surface area (Å²) in [6.07, 6.45) is 1.77. The molecule has 1 aliphatic heterocycles. The highest BCUT2D eigenvalue weighted by Crippen LogP contribution is 2.29. The molecule has 1 aromatic rings. The predicted octanol–water partition coefficient (Wildman–Crippen LogP) is 1.90. The smallest absolute Gasteiger partial charge is 0.146 e. The Morgan fingerprint density at radius 2 is 2.43 bits per heavy atom. The Balaban J connectivity index is 2.14. The van der Waals surface area contributed by atoms with Crippen LogP contribution in [0, 0.1) is 5.82 Å². The lowest BCUT2D eigenvalue weighted by atomic mass is 10.0. The van der Waals surface area contributed by atoms with Gasteiger partial charge in [0.2, 0.25) is 0 Å². The van der Waals surface area contributed by atoms with Gasteiger partial charge >= 0.3 is 0 Å². The van der Waals surface area contributed by atoms with E-state index in [4.69, 9.17) is 5.73 Å². The Morgan fingerprint density at radius 1 is 1.64 bits per heavy atom. The molecule has 0 spiro atoms. The summed E-state index contributed by atoms with van der Waals surface area (Å²) in [5.41, 5.74) is 7.44. The molecule has 1 heterocycles. The summed E-state index contributed by atoms with van der Waals surface area (Å²) >= 11 is 0. The Bertz CT molecular complexity index is 336. The third-order valence-corrected chi connectivity index (χ3v) is 2.57. The van der Waals surface area contributed by atoms with Crippen molar-refractivity contribution in [1.29, 1.82) is 0 Å². The van der Waals surface area contributed by atoms with Gasteiger partial charge in [0.25, 0.3) is 0 Å². The van der Waals surface area contributed by atoms with Crippen LogP contribution in [0.4, 0.5) is 10.1 Å². The molecule has 2 atom stereocenters. The van der Waals surface area contributed by atoms with Crippen LogP contribution < -0.4 is 11.1 Å². The average molecular weight is 194 g/mol. The van der Waals surface area contributed by atoms with E-state index in [1.54, 1.807) is 6.07 Å². The molecule has 0 saturated heterocycles. The van der Waals surface area contributed by atoms with Gasteiger partial charge in [-0.25, -0.2) is 4.39 Å². The van der Waals surface area contributed by atoms with Crippen LogP contribution in [0.15, 0.2) is 18.2 Å². The number of benzene rings is 1. The molecule has 14 heavy (non-hydrogen) atoms. The van der Waals surface area contributed by atoms with Gasteiger partial charge < -0.3 is 11.1 Å². The van der Waals surface area contributed by atoms with Crippen molar-refractivity contribution < 1.29 is 4.39 Å². The molecule has 1 aromatic carbocycles. The number of nitrogens with one attached hydrogen (secondary N) is 1. The van der Waals surface area contributed by atoms with Crippen LogP contribution in [0.2, 0.25) is 0 Å². The molecule has 0 fully saturated rings. The number of para-hydroxylation sites is 1. The average Bonchev–Trinajstić information content (AvgIpc) is 2.47. The van der Waals surface area contributed by atoms with Crippen LogP contribution in [0.5, 0.6) is 0 Å². The first-order chi connectivity index (χ1) is 6.66. The molecule has 76 valence electrons. The maximum atomic E-state index is 13.3. The maximum Gasteiger partial charge on any atom is 0.146 e. The Hall–Kier alpha value is -1.09. The Kier molecular flexibility index (Phi) is 2.42. The van der Waals surface area contributed by atoms with Gasteiger partial charge in [-0.3, -0.25) is 0 Å². The van der Waals surface area contributed by atoms with E-state index in [0.717, 1.165) is 18.4 Å².